The van der Waals surface area contributed by atoms with Gasteiger partial charge in [-0.05, 0) is 57.4 Å². The third-order valence-electron chi connectivity index (χ3n) is 5.68. The third kappa shape index (κ3) is 4.49. The SMILES string of the molecule is CC(C)(C)OC(=O)N1CCC(n2c(=N)n(Cc3ccccc3Cl)c3ccccc32)CC1. The van der Waals surface area contributed by atoms with Gasteiger partial charge >= 0.3 is 6.09 Å². The van der Waals surface area contributed by atoms with Crippen LogP contribution in [-0.4, -0.2) is 38.8 Å². The van der Waals surface area contributed by atoms with E-state index in [9.17, 15) is 4.79 Å². The zero-order valence-electron chi connectivity index (χ0n) is 18.3. The minimum atomic E-state index is -0.497. The molecule has 0 unspecified atom stereocenters. The summed E-state index contributed by atoms with van der Waals surface area (Å²) in [5, 5.41) is 9.67. The number of amides is 1. The summed E-state index contributed by atoms with van der Waals surface area (Å²) in [6.07, 6.45) is 1.31. The van der Waals surface area contributed by atoms with Crippen molar-refractivity contribution in [1.29, 1.82) is 5.41 Å². The molecule has 1 saturated heterocycles. The maximum atomic E-state index is 12.4. The van der Waals surface area contributed by atoms with Gasteiger partial charge in [0.2, 0.25) is 5.62 Å². The maximum Gasteiger partial charge on any atom is 0.410 e. The minimum Gasteiger partial charge on any atom is -0.444 e. The Kier molecular flexibility index (Phi) is 5.84. The molecule has 6 nitrogen and oxygen atoms in total. The molecule has 164 valence electrons. The summed E-state index contributed by atoms with van der Waals surface area (Å²) >= 11 is 6.39. The van der Waals surface area contributed by atoms with Gasteiger partial charge in [-0.3, -0.25) is 5.41 Å². The molecule has 0 bridgehead atoms. The van der Waals surface area contributed by atoms with Gasteiger partial charge in [0.1, 0.15) is 5.60 Å². The van der Waals surface area contributed by atoms with E-state index in [1.54, 1.807) is 4.90 Å². The number of rotatable bonds is 3. The number of benzene rings is 2. The van der Waals surface area contributed by atoms with Crippen LogP contribution in [0, 0.1) is 5.41 Å². The van der Waals surface area contributed by atoms with Crippen molar-refractivity contribution in [2.75, 3.05) is 13.1 Å². The highest BCUT2D eigenvalue weighted by Crippen LogP contribution is 2.27. The second-order valence-electron chi connectivity index (χ2n) is 9.06. The van der Waals surface area contributed by atoms with Crippen LogP contribution in [0.5, 0.6) is 0 Å². The molecule has 1 fully saturated rings. The Morgan fingerprint density at radius 1 is 1.06 bits per heavy atom. The molecule has 31 heavy (non-hydrogen) atoms. The van der Waals surface area contributed by atoms with E-state index in [2.05, 4.69) is 16.7 Å². The highest BCUT2D eigenvalue weighted by Gasteiger charge is 2.29. The van der Waals surface area contributed by atoms with E-state index >= 15 is 0 Å². The van der Waals surface area contributed by atoms with Crippen LogP contribution in [0.4, 0.5) is 4.79 Å². The zero-order valence-corrected chi connectivity index (χ0v) is 19.0. The molecule has 1 aromatic heterocycles. The predicted octanol–water partition coefficient (Wildman–Crippen LogP) is 5.20. The summed E-state index contributed by atoms with van der Waals surface area (Å²) in [5.41, 5.74) is 3.00. The fraction of sp³-hybridized carbons (Fsp3) is 0.417. The number of carbonyl (C=O) groups is 1. The molecule has 2 heterocycles. The van der Waals surface area contributed by atoms with Gasteiger partial charge in [-0.25, -0.2) is 4.79 Å². The number of para-hydroxylation sites is 2. The van der Waals surface area contributed by atoms with E-state index < -0.39 is 5.60 Å². The molecule has 0 spiro atoms. The van der Waals surface area contributed by atoms with E-state index in [0.29, 0.717) is 30.3 Å². The van der Waals surface area contributed by atoms with Crippen molar-refractivity contribution < 1.29 is 9.53 Å². The number of hydrogen-bond donors (Lipinski definition) is 1. The Hall–Kier alpha value is -2.73. The standard InChI is InChI=1S/C24H29ClN4O2/c1-24(2,3)31-23(30)27-14-12-18(13-15-27)29-21-11-7-6-10-20(21)28(22(29)26)16-17-8-4-5-9-19(17)25/h4-11,18,26H,12-16H2,1-3H3. The van der Waals surface area contributed by atoms with E-state index in [0.717, 1.165) is 29.4 Å². The number of hydrogen-bond acceptors (Lipinski definition) is 3. The van der Waals surface area contributed by atoms with Crippen molar-refractivity contribution in [1.82, 2.24) is 14.0 Å². The van der Waals surface area contributed by atoms with Crippen LogP contribution in [0.2, 0.25) is 5.02 Å². The Morgan fingerprint density at radius 2 is 1.68 bits per heavy atom. The van der Waals surface area contributed by atoms with Crippen LogP contribution in [0.25, 0.3) is 11.0 Å². The van der Waals surface area contributed by atoms with Gasteiger partial charge in [0.15, 0.2) is 0 Å². The third-order valence-corrected chi connectivity index (χ3v) is 6.05. The van der Waals surface area contributed by atoms with E-state index in [1.165, 1.54) is 0 Å². The molecule has 0 atom stereocenters. The molecule has 4 rings (SSSR count). The number of nitrogens with zero attached hydrogens (tertiary/aromatic N) is 3. The lowest BCUT2D eigenvalue weighted by atomic mass is 10.0. The van der Waals surface area contributed by atoms with Crippen LogP contribution in [-0.2, 0) is 11.3 Å². The number of carbonyl (C=O) groups excluding carboxylic acids is 1. The van der Waals surface area contributed by atoms with Crippen LogP contribution >= 0.6 is 11.6 Å². The molecular weight excluding hydrogens is 412 g/mol. The summed E-state index contributed by atoms with van der Waals surface area (Å²) in [4.78, 5) is 14.2. The molecule has 3 aromatic rings. The quantitative estimate of drug-likeness (QED) is 0.608. The first-order valence-corrected chi connectivity index (χ1v) is 11.1. The first-order chi connectivity index (χ1) is 14.7. The van der Waals surface area contributed by atoms with Gasteiger partial charge in [-0.1, -0.05) is 41.9 Å². The predicted molar refractivity (Wildman–Crippen MR) is 122 cm³/mol. The highest BCUT2D eigenvalue weighted by atomic mass is 35.5. The second kappa shape index (κ2) is 8.42. The molecule has 7 heteroatoms. The molecular formula is C24H29ClN4O2. The first kappa shape index (κ1) is 21.5. The van der Waals surface area contributed by atoms with Crippen molar-refractivity contribution in [2.45, 2.75) is 51.8 Å². The highest BCUT2D eigenvalue weighted by molar-refractivity contribution is 6.31. The molecule has 1 amide bonds. The lowest BCUT2D eigenvalue weighted by molar-refractivity contribution is 0.0188. The number of nitrogens with one attached hydrogen (secondary N) is 1. The van der Waals surface area contributed by atoms with Gasteiger partial charge in [0.25, 0.3) is 0 Å². The Bertz CT molecular complexity index is 1150. The van der Waals surface area contributed by atoms with Crippen LogP contribution in [0.1, 0.15) is 45.2 Å². The van der Waals surface area contributed by atoms with Gasteiger partial charge in [-0.15, -0.1) is 0 Å². The molecule has 0 aliphatic carbocycles. The number of aromatic nitrogens is 2. The number of halogens is 1. The topological polar surface area (TPSA) is 63.2 Å². The fourth-order valence-electron chi connectivity index (χ4n) is 4.21. The Morgan fingerprint density at radius 3 is 2.32 bits per heavy atom. The van der Waals surface area contributed by atoms with Crippen molar-refractivity contribution >= 4 is 28.7 Å². The summed E-state index contributed by atoms with van der Waals surface area (Å²) in [7, 11) is 0. The van der Waals surface area contributed by atoms with Crippen molar-refractivity contribution in [3.05, 3.63) is 64.7 Å². The second-order valence-corrected chi connectivity index (χ2v) is 9.47. The largest absolute Gasteiger partial charge is 0.444 e. The molecule has 0 radical (unpaired) electrons. The van der Waals surface area contributed by atoms with Crippen molar-refractivity contribution in [3.8, 4) is 0 Å². The molecule has 1 aliphatic rings. The van der Waals surface area contributed by atoms with E-state index in [1.807, 2.05) is 61.7 Å². The van der Waals surface area contributed by atoms with E-state index in [-0.39, 0.29) is 12.1 Å². The Balaban J connectivity index is 1.61. The van der Waals surface area contributed by atoms with Crippen molar-refractivity contribution in [3.63, 3.8) is 0 Å². The van der Waals surface area contributed by atoms with Gasteiger partial charge in [0, 0.05) is 24.2 Å². The lowest BCUT2D eigenvalue weighted by Crippen LogP contribution is -2.43. The molecule has 2 aromatic carbocycles. The fourth-order valence-corrected chi connectivity index (χ4v) is 4.41. The average Bonchev–Trinajstić information content (AvgIpc) is 3.00. The molecule has 1 N–H and O–H groups in total. The minimum absolute atomic E-state index is 0.156. The summed E-state index contributed by atoms with van der Waals surface area (Å²) in [6, 6.07) is 16.1. The van der Waals surface area contributed by atoms with Gasteiger partial charge < -0.3 is 18.8 Å². The summed E-state index contributed by atoms with van der Waals surface area (Å²) in [6.45, 7) is 7.43. The number of fused-ring (bicyclic) bond motifs is 1. The number of piperidine rings is 1. The maximum absolute atomic E-state index is 12.4. The molecule has 1 aliphatic heterocycles. The first-order valence-electron chi connectivity index (χ1n) is 10.7. The summed E-state index contributed by atoms with van der Waals surface area (Å²) in [5.74, 6) is 0. The normalized spacial score (nSPS) is 15.4. The monoisotopic (exact) mass is 440 g/mol. The molecule has 0 saturated carbocycles. The number of likely N-dealkylation sites (tertiary alicyclic amines) is 1. The van der Waals surface area contributed by atoms with Gasteiger partial charge in [-0.2, -0.15) is 0 Å². The average molecular weight is 441 g/mol. The van der Waals surface area contributed by atoms with Crippen LogP contribution < -0.4 is 5.62 Å². The number of ether oxygens (including phenoxy) is 1. The van der Waals surface area contributed by atoms with Crippen LogP contribution in [0.15, 0.2) is 48.5 Å². The van der Waals surface area contributed by atoms with Crippen LogP contribution in [0.3, 0.4) is 0 Å². The Labute approximate surface area is 187 Å². The zero-order chi connectivity index (χ0) is 22.2. The summed E-state index contributed by atoms with van der Waals surface area (Å²) < 4.78 is 9.64. The lowest BCUT2D eigenvalue weighted by Gasteiger charge is -2.34. The number of imidazole rings is 1. The smallest absolute Gasteiger partial charge is 0.410 e. The van der Waals surface area contributed by atoms with Crippen molar-refractivity contribution in [2.24, 2.45) is 0 Å². The van der Waals surface area contributed by atoms with E-state index in [4.69, 9.17) is 21.7 Å². The van der Waals surface area contributed by atoms with Gasteiger partial charge in [0.05, 0.1) is 17.6 Å².